The van der Waals surface area contributed by atoms with Crippen LogP contribution in [0.3, 0.4) is 0 Å². The van der Waals surface area contributed by atoms with Crippen molar-refractivity contribution in [1.29, 1.82) is 0 Å². The zero-order valence-electron chi connectivity index (χ0n) is 10.6. The SMILES string of the molecule is O=C(O)c1ccnc(NC2CC2c2ccccc2)c1Cl. The number of carboxylic acids is 1. The van der Waals surface area contributed by atoms with Gasteiger partial charge in [-0.1, -0.05) is 41.9 Å². The number of halogens is 1. The Bertz CT molecular complexity index is 646. The summed E-state index contributed by atoms with van der Waals surface area (Å²) in [5.41, 5.74) is 1.34. The van der Waals surface area contributed by atoms with E-state index in [4.69, 9.17) is 16.7 Å². The summed E-state index contributed by atoms with van der Waals surface area (Å²) in [6.07, 6.45) is 2.46. The number of hydrogen-bond acceptors (Lipinski definition) is 3. The van der Waals surface area contributed by atoms with Crippen molar-refractivity contribution in [2.45, 2.75) is 18.4 Å². The number of aromatic nitrogens is 1. The lowest BCUT2D eigenvalue weighted by atomic mass is 10.1. The minimum absolute atomic E-state index is 0.0704. The molecule has 2 unspecified atom stereocenters. The van der Waals surface area contributed by atoms with Gasteiger partial charge in [-0.3, -0.25) is 0 Å². The standard InChI is InChI=1S/C15H13ClN2O2/c16-13-10(15(19)20)6-7-17-14(13)18-12-8-11(12)9-4-2-1-3-5-9/h1-7,11-12H,8H2,(H,17,18)(H,19,20). The number of pyridine rings is 1. The van der Waals surface area contributed by atoms with Crippen LogP contribution >= 0.6 is 11.6 Å². The highest BCUT2D eigenvalue weighted by atomic mass is 35.5. The first-order chi connectivity index (χ1) is 9.66. The molecule has 0 aliphatic heterocycles. The number of benzene rings is 1. The Balaban J connectivity index is 1.75. The van der Waals surface area contributed by atoms with Crippen LogP contribution in [0.5, 0.6) is 0 Å². The molecule has 2 atom stereocenters. The van der Waals surface area contributed by atoms with Crippen LogP contribution in [0.15, 0.2) is 42.6 Å². The predicted octanol–water partition coefficient (Wildman–Crippen LogP) is 3.40. The topological polar surface area (TPSA) is 62.2 Å². The lowest BCUT2D eigenvalue weighted by molar-refractivity contribution is 0.0697. The molecule has 1 fully saturated rings. The Hall–Kier alpha value is -2.07. The highest BCUT2D eigenvalue weighted by Gasteiger charge is 2.38. The van der Waals surface area contributed by atoms with Crippen LogP contribution in [-0.2, 0) is 0 Å². The smallest absolute Gasteiger partial charge is 0.337 e. The van der Waals surface area contributed by atoms with Crippen molar-refractivity contribution in [2.24, 2.45) is 0 Å². The zero-order valence-corrected chi connectivity index (χ0v) is 11.3. The maximum Gasteiger partial charge on any atom is 0.337 e. The van der Waals surface area contributed by atoms with E-state index in [9.17, 15) is 4.79 Å². The number of nitrogens with one attached hydrogen (secondary N) is 1. The molecule has 0 spiro atoms. The fraction of sp³-hybridized carbons (Fsp3) is 0.200. The van der Waals surface area contributed by atoms with E-state index < -0.39 is 5.97 Å². The third-order valence-electron chi connectivity index (χ3n) is 3.46. The van der Waals surface area contributed by atoms with Crippen LogP contribution < -0.4 is 5.32 Å². The Morgan fingerprint density at radius 1 is 1.30 bits per heavy atom. The third-order valence-corrected chi connectivity index (χ3v) is 3.84. The summed E-state index contributed by atoms with van der Waals surface area (Å²) in [4.78, 5) is 15.1. The van der Waals surface area contributed by atoms with Crippen molar-refractivity contribution in [3.05, 3.63) is 58.7 Å². The van der Waals surface area contributed by atoms with Crippen molar-refractivity contribution in [3.8, 4) is 0 Å². The minimum Gasteiger partial charge on any atom is -0.478 e. The van der Waals surface area contributed by atoms with Gasteiger partial charge in [0.05, 0.1) is 10.6 Å². The van der Waals surface area contributed by atoms with E-state index in [-0.39, 0.29) is 16.6 Å². The van der Waals surface area contributed by atoms with E-state index in [2.05, 4.69) is 22.4 Å². The number of rotatable bonds is 4. The highest BCUT2D eigenvalue weighted by Crippen LogP contribution is 2.43. The van der Waals surface area contributed by atoms with Gasteiger partial charge in [-0.15, -0.1) is 0 Å². The molecule has 0 radical (unpaired) electrons. The average Bonchev–Trinajstić information content (AvgIpc) is 3.21. The molecule has 1 aromatic heterocycles. The third kappa shape index (κ3) is 2.47. The highest BCUT2D eigenvalue weighted by molar-refractivity contribution is 6.35. The second-order valence-corrected chi connectivity index (χ2v) is 5.21. The van der Waals surface area contributed by atoms with Crippen LogP contribution in [-0.4, -0.2) is 22.1 Å². The second kappa shape index (κ2) is 5.13. The fourth-order valence-electron chi connectivity index (χ4n) is 2.31. The Morgan fingerprint density at radius 2 is 2.05 bits per heavy atom. The van der Waals surface area contributed by atoms with Crippen LogP contribution in [0.4, 0.5) is 5.82 Å². The quantitative estimate of drug-likeness (QED) is 0.905. The molecule has 1 aliphatic carbocycles. The summed E-state index contributed by atoms with van der Waals surface area (Å²) in [5, 5.41) is 12.4. The van der Waals surface area contributed by atoms with E-state index in [0.29, 0.717) is 11.7 Å². The van der Waals surface area contributed by atoms with Crippen LogP contribution in [0.1, 0.15) is 28.3 Å². The summed E-state index contributed by atoms with van der Waals surface area (Å²) in [7, 11) is 0. The van der Waals surface area contributed by atoms with Crippen molar-refractivity contribution in [3.63, 3.8) is 0 Å². The molecule has 5 heteroatoms. The monoisotopic (exact) mass is 288 g/mol. The Kier molecular flexibility index (Phi) is 3.32. The first-order valence-corrected chi connectivity index (χ1v) is 6.74. The predicted molar refractivity (Wildman–Crippen MR) is 77.4 cm³/mol. The van der Waals surface area contributed by atoms with E-state index in [0.717, 1.165) is 6.42 Å². The minimum atomic E-state index is -1.05. The van der Waals surface area contributed by atoms with Gasteiger partial charge in [0.15, 0.2) is 0 Å². The van der Waals surface area contributed by atoms with E-state index >= 15 is 0 Å². The molecule has 3 rings (SSSR count). The van der Waals surface area contributed by atoms with Crippen molar-refractivity contribution >= 4 is 23.4 Å². The molecule has 20 heavy (non-hydrogen) atoms. The molecular formula is C15H13ClN2O2. The first-order valence-electron chi connectivity index (χ1n) is 6.36. The van der Waals surface area contributed by atoms with Gasteiger partial charge in [-0.25, -0.2) is 9.78 Å². The summed E-state index contributed by atoms with van der Waals surface area (Å²) < 4.78 is 0. The number of carboxylic acid groups (broad SMARTS) is 1. The number of nitrogens with zero attached hydrogens (tertiary/aromatic N) is 1. The molecule has 0 amide bonds. The molecule has 1 heterocycles. The molecule has 2 N–H and O–H groups in total. The molecule has 1 aliphatic rings. The first kappa shape index (κ1) is 12.9. The van der Waals surface area contributed by atoms with Gasteiger partial charge in [-0.05, 0) is 18.1 Å². The van der Waals surface area contributed by atoms with Crippen molar-refractivity contribution in [2.75, 3.05) is 5.32 Å². The molecule has 1 aromatic carbocycles. The average molecular weight is 289 g/mol. The maximum atomic E-state index is 11.0. The summed E-state index contributed by atoms with van der Waals surface area (Å²) in [5.74, 6) is -0.173. The maximum absolute atomic E-state index is 11.0. The van der Waals surface area contributed by atoms with Crippen LogP contribution in [0, 0.1) is 0 Å². The Morgan fingerprint density at radius 3 is 2.75 bits per heavy atom. The van der Waals surface area contributed by atoms with Gasteiger partial charge in [0.1, 0.15) is 5.82 Å². The van der Waals surface area contributed by atoms with Crippen LogP contribution in [0.25, 0.3) is 0 Å². The van der Waals surface area contributed by atoms with E-state index in [1.54, 1.807) is 0 Å². The van der Waals surface area contributed by atoms with Gasteiger partial charge in [0, 0.05) is 18.2 Å². The normalized spacial score (nSPS) is 20.4. The zero-order chi connectivity index (χ0) is 14.1. The fourth-order valence-corrected chi connectivity index (χ4v) is 2.56. The molecule has 102 valence electrons. The second-order valence-electron chi connectivity index (χ2n) is 4.83. The van der Waals surface area contributed by atoms with Gasteiger partial charge in [0.25, 0.3) is 0 Å². The van der Waals surface area contributed by atoms with E-state index in [1.807, 2.05) is 18.2 Å². The lowest BCUT2D eigenvalue weighted by Crippen LogP contribution is -2.08. The van der Waals surface area contributed by atoms with Gasteiger partial charge >= 0.3 is 5.97 Å². The largest absolute Gasteiger partial charge is 0.478 e. The molecule has 2 aromatic rings. The van der Waals surface area contributed by atoms with Crippen molar-refractivity contribution < 1.29 is 9.90 Å². The molecule has 0 bridgehead atoms. The molecule has 0 saturated heterocycles. The molecule has 4 nitrogen and oxygen atoms in total. The van der Waals surface area contributed by atoms with Gasteiger partial charge in [0.2, 0.25) is 0 Å². The van der Waals surface area contributed by atoms with E-state index in [1.165, 1.54) is 17.8 Å². The summed E-state index contributed by atoms with van der Waals surface area (Å²) >= 11 is 6.06. The number of hydrogen-bond donors (Lipinski definition) is 2. The molecule has 1 saturated carbocycles. The summed E-state index contributed by atoms with van der Waals surface area (Å²) in [6.45, 7) is 0. The van der Waals surface area contributed by atoms with Crippen molar-refractivity contribution in [1.82, 2.24) is 4.98 Å². The Labute approximate surface area is 121 Å². The number of anilines is 1. The summed E-state index contributed by atoms with van der Waals surface area (Å²) in [6, 6.07) is 11.9. The number of aromatic carboxylic acids is 1. The van der Waals surface area contributed by atoms with Gasteiger partial charge in [-0.2, -0.15) is 0 Å². The lowest BCUT2D eigenvalue weighted by Gasteiger charge is -2.08. The van der Waals surface area contributed by atoms with Gasteiger partial charge < -0.3 is 10.4 Å². The number of carbonyl (C=O) groups is 1. The van der Waals surface area contributed by atoms with Crippen LogP contribution in [0.2, 0.25) is 5.02 Å². The molecular weight excluding hydrogens is 276 g/mol.